The summed E-state index contributed by atoms with van der Waals surface area (Å²) in [5, 5.41) is 3.46. The maximum absolute atomic E-state index is 6.12. The van der Waals surface area contributed by atoms with E-state index >= 15 is 0 Å². The molecule has 8 nitrogen and oxygen atoms in total. The summed E-state index contributed by atoms with van der Waals surface area (Å²) in [6, 6.07) is 16.0. The second-order valence-electron chi connectivity index (χ2n) is 6.92. The Morgan fingerprint density at radius 3 is 2.55 bits per heavy atom. The van der Waals surface area contributed by atoms with E-state index in [0.29, 0.717) is 13.2 Å². The number of morpholine rings is 1. The van der Waals surface area contributed by atoms with E-state index in [4.69, 9.17) is 15.2 Å². The molecular formula is C21H26N6O2. The number of ether oxygens (including phenoxy) is 2. The van der Waals surface area contributed by atoms with Gasteiger partial charge in [-0.3, -0.25) is 4.90 Å². The van der Waals surface area contributed by atoms with Gasteiger partial charge >= 0.3 is 0 Å². The molecule has 0 spiro atoms. The van der Waals surface area contributed by atoms with Crippen molar-refractivity contribution < 1.29 is 9.47 Å². The Balaban J connectivity index is 1.73. The fourth-order valence-electron chi connectivity index (χ4n) is 3.43. The van der Waals surface area contributed by atoms with Crippen LogP contribution in [0.1, 0.15) is 5.56 Å². The van der Waals surface area contributed by atoms with E-state index in [1.807, 2.05) is 24.3 Å². The molecular weight excluding hydrogens is 368 g/mol. The number of hydrogen-bond donors (Lipinski definition) is 2. The van der Waals surface area contributed by atoms with E-state index in [1.165, 1.54) is 5.56 Å². The number of nitrogens with one attached hydrogen (secondary N) is 1. The van der Waals surface area contributed by atoms with Gasteiger partial charge in [0.15, 0.2) is 0 Å². The third-order valence-electron chi connectivity index (χ3n) is 4.93. The summed E-state index contributed by atoms with van der Waals surface area (Å²) >= 11 is 0. The van der Waals surface area contributed by atoms with E-state index in [1.54, 1.807) is 7.11 Å². The van der Waals surface area contributed by atoms with E-state index in [9.17, 15) is 0 Å². The van der Waals surface area contributed by atoms with Gasteiger partial charge in [-0.05, 0) is 31.2 Å². The minimum Gasteiger partial charge on any atom is -0.495 e. The lowest BCUT2D eigenvalue weighted by Crippen LogP contribution is -2.57. The lowest BCUT2D eigenvalue weighted by atomic mass is 10.2. The Labute approximate surface area is 170 Å². The van der Waals surface area contributed by atoms with Crippen molar-refractivity contribution in [3.05, 3.63) is 54.1 Å². The molecule has 0 aliphatic carbocycles. The second-order valence-corrected chi connectivity index (χ2v) is 6.92. The minimum absolute atomic E-state index is 0.238. The number of nitrogens with zero attached hydrogens (tertiary/aromatic N) is 4. The first kappa shape index (κ1) is 19.1. The van der Waals surface area contributed by atoms with Crippen molar-refractivity contribution in [1.82, 2.24) is 4.90 Å². The monoisotopic (exact) mass is 394 g/mol. The van der Waals surface area contributed by atoms with E-state index in [-0.39, 0.29) is 5.96 Å². The van der Waals surface area contributed by atoms with Crippen LogP contribution in [-0.4, -0.2) is 56.5 Å². The molecule has 0 amide bonds. The molecule has 4 rings (SSSR count). The first-order valence-electron chi connectivity index (χ1n) is 9.66. The van der Waals surface area contributed by atoms with Crippen LogP contribution in [0, 0.1) is 6.92 Å². The molecule has 29 heavy (non-hydrogen) atoms. The van der Waals surface area contributed by atoms with Crippen molar-refractivity contribution in [1.29, 1.82) is 0 Å². The number of anilines is 2. The van der Waals surface area contributed by atoms with Gasteiger partial charge in [-0.2, -0.15) is 4.99 Å². The largest absolute Gasteiger partial charge is 0.495 e. The molecule has 3 N–H and O–H groups in total. The van der Waals surface area contributed by atoms with Crippen LogP contribution in [0.15, 0.2) is 58.5 Å². The van der Waals surface area contributed by atoms with Gasteiger partial charge in [0, 0.05) is 18.8 Å². The highest BCUT2D eigenvalue weighted by atomic mass is 16.5. The molecule has 1 atom stereocenters. The Morgan fingerprint density at radius 1 is 1.10 bits per heavy atom. The predicted octanol–water partition coefficient (Wildman–Crippen LogP) is 2.22. The molecule has 0 saturated carbocycles. The molecule has 2 aromatic rings. The summed E-state index contributed by atoms with van der Waals surface area (Å²) < 4.78 is 11.0. The Hall–Kier alpha value is -3.26. The van der Waals surface area contributed by atoms with Crippen molar-refractivity contribution in [2.45, 2.75) is 13.2 Å². The Bertz CT molecular complexity index is 906. The summed E-state index contributed by atoms with van der Waals surface area (Å²) in [5.74, 6) is 1.74. The quantitative estimate of drug-likeness (QED) is 0.827. The van der Waals surface area contributed by atoms with Gasteiger partial charge in [-0.1, -0.05) is 29.8 Å². The number of nitrogens with two attached hydrogens (primary N) is 1. The third-order valence-corrected chi connectivity index (χ3v) is 4.93. The van der Waals surface area contributed by atoms with Gasteiger partial charge in [0.25, 0.3) is 0 Å². The molecule has 0 radical (unpaired) electrons. The lowest BCUT2D eigenvalue weighted by molar-refractivity contribution is 0.0671. The topological polar surface area (TPSA) is 87.7 Å². The number of benzene rings is 2. The van der Waals surface area contributed by atoms with Crippen molar-refractivity contribution in [2.24, 2.45) is 15.7 Å². The molecule has 2 aliphatic heterocycles. The van der Waals surface area contributed by atoms with Crippen LogP contribution in [0.25, 0.3) is 0 Å². The molecule has 1 saturated heterocycles. The van der Waals surface area contributed by atoms with Gasteiger partial charge in [-0.15, -0.1) is 0 Å². The summed E-state index contributed by atoms with van der Waals surface area (Å²) in [7, 11) is 1.65. The number of rotatable bonds is 4. The number of guanidine groups is 2. The van der Waals surface area contributed by atoms with Crippen molar-refractivity contribution in [3.8, 4) is 5.75 Å². The number of para-hydroxylation sites is 2. The summed E-state index contributed by atoms with van der Waals surface area (Å²) in [6.07, 6.45) is -0.468. The average Bonchev–Trinajstić information content (AvgIpc) is 2.75. The van der Waals surface area contributed by atoms with Crippen molar-refractivity contribution in [2.75, 3.05) is 43.6 Å². The first-order chi connectivity index (χ1) is 14.2. The first-order valence-corrected chi connectivity index (χ1v) is 9.66. The molecule has 0 aromatic heterocycles. The molecule has 1 unspecified atom stereocenters. The summed E-state index contributed by atoms with van der Waals surface area (Å²) in [6.45, 7) is 4.87. The number of aryl methyl sites for hydroxylation is 1. The van der Waals surface area contributed by atoms with Crippen LogP contribution < -0.4 is 20.7 Å². The molecule has 2 heterocycles. The molecule has 8 heteroatoms. The second kappa shape index (κ2) is 8.40. The fourth-order valence-corrected chi connectivity index (χ4v) is 3.43. The number of aliphatic imine (C=N–C) groups is 2. The van der Waals surface area contributed by atoms with Gasteiger partial charge in [0.05, 0.1) is 26.0 Å². The van der Waals surface area contributed by atoms with Gasteiger partial charge in [0.1, 0.15) is 5.75 Å². The van der Waals surface area contributed by atoms with Gasteiger partial charge in [0.2, 0.25) is 18.2 Å². The maximum atomic E-state index is 6.12. The van der Waals surface area contributed by atoms with Crippen molar-refractivity contribution in [3.63, 3.8) is 0 Å². The van der Waals surface area contributed by atoms with Crippen LogP contribution >= 0.6 is 0 Å². The van der Waals surface area contributed by atoms with E-state index in [0.717, 1.165) is 36.2 Å². The summed E-state index contributed by atoms with van der Waals surface area (Å²) in [4.78, 5) is 13.4. The number of methoxy groups -OCH3 is 1. The molecule has 2 aromatic carbocycles. The van der Waals surface area contributed by atoms with Crippen LogP contribution in [-0.2, 0) is 4.74 Å². The van der Waals surface area contributed by atoms with Crippen LogP contribution in [0.5, 0.6) is 5.75 Å². The van der Waals surface area contributed by atoms with Crippen LogP contribution in [0.4, 0.5) is 11.4 Å². The standard InChI is InChI=1S/C21H26N6O2/c1-15-7-9-16(10-8-15)27-20(23-17-5-3-4-6-18(17)28-2)24-19(22)25-21(27)26-11-13-29-14-12-26/h3-10,20,23H,11-14H2,1-2H3,(H2,22,24). The number of hydrogen-bond acceptors (Lipinski definition) is 8. The Morgan fingerprint density at radius 2 is 1.83 bits per heavy atom. The zero-order valence-corrected chi connectivity index (χ0v) is 16.7. The van der Waals surface area contributed by atoms with Crippen LogP contribution in [0.2, 0.25) is 0 Å². The van der Waals surface area contributed by atoms with E-state index in [2.05, 4.69) is 56.3 Å². The molecule has 0 bridgehead atoms. The normalized spacial score (nSPS) is 19.4. The SMILES string of the molecule is COc1ccccc1NC1N=C(N)N=C(N2CCOCC2)N1c1ccc(C)cc1. The average molecular weight is 394 g/mol. The fraction of sp³-hybridized carbons (Fsp3) is 0.333. The molecule has 152 valence electrons. The smallest absolute Gasteiger partial charge is 0.222 e. The maximum Gasteiger partial charge on any atom is 0.222 e. The minimum atomic E-state index is -0.468. The Kier molecular flexibility index (Phi) is 5.53. The predicted molar refractivity (Wildman–Crippen MR) is 116 cm³/mol. The van der Waals surface area contributed by atoms with Crippen molar-refractivity contribution >= 4 is 23.3 Å². The zero-order valence-electron chi connectivity index (χ0n) is 16.7. The highest BCUT2D eigenvalue weighted by Crippen LogP contribution is 2.28. The molecule has 2 aliphatic rings. The zero-order chi connectivity index (χ0) is 20.2. The molecule has 1 fully saturated rings. The lowest BCUT2D eigenvalue weighted by Gasteiger charge is -2.41. The highest BCUT2D eigenvalue weighted by Gasteiger charge is 2.32. The van der Waals surface area contributed by atoms with E-state index < -0.39 is 6.29 Å². The third kappa shape index (κ3) is 4.12. The highest BCUT2D eigenvalue weighted by molar-refractivity contribution is 6.06. The van der Waals surface area contributed by atoms with Crippen LogP contribution in [0.3, 0.4) is 0 Å². The van der Waals surface area contributed by atoms with Gasteiger partial charge in [-0.25, -0.2) is 4.99 Å². The summed E-state index contributed by atoms with van der Waals surface area (Å²) in [5.41, 5.74) is 9.11. The van der Waals surface area contributed by atoms with Gasteiger partial charge < -0.3 is 25.4 Å².